The summed E-state index contributed by atoms with van der Waals surface area (Å²) in [6.07, 6.45) is 6.70. The van der Waals surface area contributed by atoms with E-state index in [1.54, 1.807) is 0 Å². The third-order valence-electron chi connectivity index (χ3n) is 12.7. The van der Waals surface area contributed by atoms with Crippen molar-refractivity contribution in [2.45, 2.75) is 163 Å². The van der Waals surface area contributed by atoms with Gasteiger partial charge in [0.15, 0.2) is 0 Å². The minimum atomic E-state index is -0.727. The predicted molar refractivity (Wildman–Crippen MR) is 187 cm³/mol. The summed E-state index contributed by atoms with van der Waals surface area (Å²) in [5.41, 5.74) is 0.0421. The number of fused-ring (bicyclic) bond motifs is 9. The first-order valence-corrected chi connectivity index (χ1v) is 19.5. The quantitative estimate of drug-likeness (QED) is 0.0894. The van der Waals surface area contributed by atoms with E-state index in [1.165, 1.54) is 12.8 Å². The summed E-state index contributed by atoms with van der Waals surface area (Å²) in [4.78, 5) is 51.7. The Kier molecular flexibility index (Phi) is 14.0. The summed E-state index contributed by atoms with van der Waals surface area (Å²) in [7, 11) is 0. The van der Waals surface area contributed by atoms with Gasteiger partial charge in [0.1, 0.15) is 12.1 Å². The molecule has 0 aromatic rings. The molecule has 4 rings (SSSR count). The van der Waals surface area contributed by atoms with E-state index in [0.717, 1.165) is 32.1 Å². The normalized spacial score (nSPS) is 33.2. The molecule has 0 aliphatic heterocycles. The Balaban J connectivity index is 1.36. The molecule has 0 saturated heterocycles. The van der Waals surface area contributed by atoms with Crippen molar-refractivity contribution < 1.29 is 38.1 Å². The van der Waals surface area contributed by atoms with Crippen LogP contribution in [0.3, 0.4) is 0 Å². The highest BCUT2D eigenvalue weighted by Crippen LogP contribution is 2.72. The molecule has 4 saturated carbocycles. The van der Waals surface area contributed by atoms with E-state index < -0.39 is 12.1 Å². The van der Waals surface area contributed by atoms with Gasteiger partial charge in [0.05, 0.1) is 37.3 Å². The van der Waals surface area contributed by atoms with E-state index in [2.05, 4.69) is 17.6 Å². The molecule has 4 aliphatic carbocycles. The molecule has 10 nitrogen and oxygen atoms in total. The average Bonchev–Trinajstić information content (AvgIpc) is 3.83. The van der Waals surface area contributed by atoms with Crippen molar-refractivity contribution in [3.63, 3.8) is 0 Å². The van der Waals surface area contributed by atoms with Crippen molar-refractivity contribution in [2.24, 2.45) is 46.8 Å². The lowest BCUT2D eigenvalue weighted by atomic mass is 9.60. The van der Waals surface area contributed by atoms with E-state index in [-0.39, 0.29) is 66.5 Å². The van der Waals surface area contributed by atoms with Crippen LogP contribution in [0.5, 0.6) is 0 Å². The van der Waals surface area contributed by atoms with Crippen LogP contribution in [0.4, 0.5) is 0 Å². The molecule has 0 amide bonds. The average molecular weight is 691 g/mol. The van der Waals surface area contributed by atoms with Crippen LogP contribution in [0, 0.1) is 46.8 Å². The Labute approximate surface area is 295 Å². The van der Waals surface area contributed by atoms with Crippen molar-refractivity contribution in [2.75, 3.05) is 13.1 Å². The van der Waals surface area contributed by atoms with Crippen LogP contribution >= 0.6 is 0 Å². The summed E-state index contributed by atoms with van der Waals surface area (Å²) < 4.78 is 22.4. The number of nitrogens with one attached hydrogen (secondary N) is 2. The maximum Gasteiger partial charge on any atom is 0.324 e. The van der Waals surface area contributed by atoms with Gasteiger partial charge in [-0.15, -0.1) is 0 Å². The summed E-state index contributed by atoms with van der Waals surface area (Å²) in [5.74, 6) is 2.79. The van der Waals surface area contributed by atoms with Crippen molar-refractivity contribution in [3.05, 3.63) is 0 Å². The van der Waals surface area contributed by atoms with E-state index >= 15 is 0 Å². The van der Waals surface area contributed by atoms with Gasteiger partial charge in [0.2, 0.25) is 0 Å². The molecule has 4 bridgehead atoms. The van der Waals surface area contributed by atoms with Crippen molar-refractivity contribution in [1.29, 1.82) is 0 Å². The largest absolute Gasteiger partial charge is 0.463 e. The summed E-state index contributed by atoms with van der Waals surface area (Å²) in [6, 6.07) is -1.44. The Morgan fingerprint density at radius 1 is 0.653 bits per heavy atom. The van der Waals surface area contributed by atoms with E-state index in [9.17, 15) is 19.2 Å². The van der Waals surface area contributed by atoms with Gasteiger partial charge in [-0.2, -0.15) is 0 Å². The zero-order valence-electron chi connectivity index (χ0n) is 31.8. The number of carbonyl (C=O) groups is 4. The van der Waals surface area contributed by atoms with Crippen LogP contribution < -0.4 is 10.6 Å². The predicted octanol–water partition coefficient (Wildman–Crippen LogP) is 5.98. The monoisotopic (exact) mass is 690 g/mol. The smallest absolute Gasteiger partial charge is 0.324 e. The number of hydrogen-bond acceptors (Lipinski definition) is 10. The number of hydrogen-bond donors (Lipinski definition) is 2. The van der Waals surface area contributed by atoms with Crippen LogP contribution in [0.25, 0.3) is 0 Å². The highest BCUT2D eigenvalue weighted by atomic mass is 16.6. The third kappa shape index (κ3) is 9.57. The zero-order chi connectivity index (χ0) is 36.0. The first-order valence-electron chi connectivity index (χ1n) is 19.5. The Morgan fingerprint density at radius 2 is 1.14 bits per heavy atom. The van der Waals surface area contributed by atoms with E-state index in [1.807, 2.05) is 55.4 Å². The Bertz CT molecular complexity index is 1150. The topological polar surface area (TPSA) is 129 Å². The molecule has 14 atom stereocenters. The third-order valence-corrected chi connectivity index (χ3v) is 12.7. The summed E-state index contributed by atoms with van der Waals surface area (Å²) in [6.45, 7) is 19.1. The standard InChI is InChI=1S/C39H66N2O8/c1-10-22(5)46-33(42)17-31(37(44)48-24(7)12-3)40-20-28-14-26-15-29(28)35-27-16-30(36(26)35)39(9,19-27)21-41-32(38(45)49-25(8)13-4)18-34(43)47-23(6)11-2/h22-32,35-36,40-41H,10-21H2,1-9H3. The fraction of sp³-hybridized carbons (Fsp3) is 0.897. The number of ether oxygens (including phenoxy) is 4. The molecule has 4 aliphatic rings. The molecule has 4 fully saturated rings. The maximum absolute atomic E-state index is 13.2. The molecule has 0 spiro atoms. The van der Waals surface area contributed by atoms with Gasteiger partial charge in [-0.25, -0.2) is 0 Å². The molecule has 2 N–H and O–H groups in total. The van der Waals surface area contributed by atoms with E-state index in [4.69, 9.17) is 18.9 Å². The Hall–Kier alpha value is -2.20. The second-order valence-corrected chi connectivity index (χ2v) is 16.3. The van der Waals surface area contributed by atoms with Crippen LogP contribution in [0.15, 0.2) is 0 Å². The highest BCUT2D eigenvalue weighted by molar-refractivity contribution is 5.83. The second-order valence-electron chi connectivity index (χ2n) is 16.3. The minimum Gasteiger partial charge on any atom is -0.463 e. The second kappa shape index (κ2) is 17.3. The Morgan fingerprint density at radius 3 is 1.65 bits per heavy atom. The minimum absolute atomic E-state index is 0.0240. The molecule has 0 radical (unpaired) electrons. The molecular weight excluding hydrogens is 624 g/mol. The van der Waals surface area contributed by atoms with Gasteiger partial charge in [-0.05, 0) is 132 Å². The maximum atomic E-state index is 13.2. The van der Waals surface area contributed by atoms with Crippen molar-refractivity contribution in [3.8, 4) is 0 Å². The lowest BCUT2D eigenvalue weighted by molar-refractivity contribution is -0.158. The van der Waals surface area contributed by atoms with Gasteiger partial charge in [0, 0.05) is 6.54 Å². The van der Waals surface area contributed by atoms with Crippen molar-refractivity contribution >= 4 is 23.9 Å². The molecule has 10 heteroatoms. The molecule has 280 valence electrons. The highest BCUT2D eigenvalue weighted by Gasteiger charge is 2.67. The van der Waals surface area contributed by atoms with Gasteiger partial charge in [-0.1, -0.05) is 34.6 Å². The van der Waals surface area contributed by atoms with Crippen LogP contribution in [0.1, 0.15) is 127 Å². The number of esters is 4. The van der Waals surface area contributed by atoms with Gasteiger partial charge >= 0.3 is 23.9 Å². The first-order chi connectivity index (χ1) is 23.2. The van der Waals surface area contributed by atoms with Crippen LogP contribution in [0.2, 0.25) is 0 Å². The molecule has 49 heavy (non-hydrogen) atoms. The lowest BCUT2D eigenvalue weighted by Gasteiger charge is -2.47. The number of carbonyl (C=O) groups excluding carboxylic acids is 4. The fourth-order valence-corrected chi connectivity index (χ4v) is 9.55. The van der Waals surface area contributed by atoms with Gasteiger partial charge in [-0.3, -0.25) is 19.2 Å². The fourth-order valence-electron chi connectivity index (χ4n) is 9.55. The SMILES string of the molecule is CCC(C)OC(=O)CC(NCC1CC2CC1C1C3CC(C21)C(C)(CNC(CC(=O)OC(C)CC)C(=O)OC(C)CC)C3)C(=O)OC(C)CC. The lowest BCUT2D eigenvalue weighted by Crippen LogP contribution is -2.50. The van der Waals surface area contributed by atoms with Gasteiger partial charge < -0.3 is 29.6 Å². The van der Waals surface area contributed by atoms with Crippen LogP contribution in [-0.4, -0.2) is 73.5 Å². The molecule has 0 heterocycles. The molecule has 0 aromatic carbocycles. The molecule has 14 unspecified atom stereocenters. The van der Waals surface area contributed by atoms with Crippen LogP contribution in [-0.2, 0) is 38.1 Å². The number of rotatable bonds is 20. The molecular formula is C39H66N2O8. The van der Waals surface area contributed by atoms with Crippen molar-refractivity contribution in [1.82, 2.24) is 10.6 Å². The first kappa shape index (κ1) is 39.6. The summed E-state index contributed by atoms with van der Waals surface area (Å²) in [5, 5.41) is 6.96. The summed E-state index contributed by atoms with van der Waals surface area (Å²) >= 11 is 0. The van der Waals surface area contributed by atoms with E-state index in [0.29, 0.717) is 60.9 Å². The zero-order valence-corrected chi connectivity index (χ0v) is 31.8. The van der Waals surface area contributed by atoms with Gasteiger partial charge in [0.25, 0.3) is 0 Å². The molecule has 0 aromatic heterocycles.